The fraction of sp³-hybridized carbons (Fsp3) is 0.393. The molecule has 6 rings (SSSR count). The summed E-state index contributed by atoms with van der Waals surface area (Å²) in [5.74, 6) is -0.0617. The van der Waals surface area contributed by atoms with Gasteiger partial charge < -0.3 is 19.5 Å². The Morgan fingerprint density at radius 3 is 2.68 bits per heavy atom. The van der Waals surface area contributed by atoms with Gasteiger partial charge >= 0.3 is 5.97 Å². The van der Waals surface area contributed by atoms with Crippen molar-refractivity contribution >= 4 is 50.7 Å². The lowest BCUT2D eigenvalue weighted by Crippen LogP contribution is -2.45. The molecule has 2 N–H and O–H groups in total. The first-order chi connectivity index (χ1) is 18.2. The number of ether oxygens (including phenoxy) is 1. The van der Waals surface area contributed by atoms with Crippen LogP contribution in [-0.2, 0) is 16.9 Å². The molecule has 0 amide bonds. The predicted molar refractivity (Wildman–Crippen MR) is 146 cm³/mol. The highest BCUT2D eigenvalue weighted by molar-refractivity contribution is 7.18. The topological polar surface area (TPSA) is 106 Å². The van der Waals surface area contributed by atoms with Gasteiger partial charge in [-0.05, 0) is 74.3 Å². The lowest BCUT2D eigenvalue weighted by Gasteiger charge is -2.41. The van der Waals surface area contributed by atoms with E-state index in [9.17, 15) is 15.0 Å². The molecule has 10 heteroatoms. The Bertz CT molecular complexity index is 1530. The molecule has 0 spiro atoms. The average Bonchev–Trinajstić information content (AvgIpc) is 3.49. The van der Waals surface area contributed by atoms with Crippen LogP contribution in [0.3, 0.4) is 0 Å². The van der Waals surface area contributed by atoms with Crippen molar-refractivity contribution < 1.29 is 24.3 Å². The zero-order valence-corrected chi connectivity index (χ0v) is 23.1. The number of hydrogen-bond acceptors (Lipinski definition) is 7. The summed E-state index contributed by atoms with van der Waals surface area (Å²) in [7, 11) is 0. The van der Waals surface area contributed by atoms with Crippen LogP contribution in [0.2, 0.25) is 10.0 Å². The standard InChI is InChI=1S/C28H26Cl2N2O5S/c1-13-8-16-10-17(36-12-18-14(2)37-32-25(18)24-20(29)4-3-5-21(24)30)11-19(13)28(16,35)27-31-22-7-6-15(26(33)34)9-23(22)38-27/h3-7,9,13,16-17,19,35H,8,10-12H2,1-2H3,(H,33,34)/t13?,16-,17+,19?,28+/m1/s1. The van der Waals surface area contributed by atoms with Crippen molar-refractivity contribution in [1.82, 2.24) is 10.1 Å². The highest BCUT2D eigenvalue weighted by Gasteiger charge is 2.59. The van der Waals surface area contributed by atoms with E-state index in [1.54, 1.807) is 36.4 Å². The smallest absolute Gasteiger partial charge is 0.335 e. The van der Waals surface area contributed by atoms with E-state index >= 15 is 0 Å². The van der Waals surface area contributed by atoms with Gasteiger partial charge in [-0.15, -0.1) is 11.3 Å². The number of benzene rings is 2. The minimum atomic E-state index is -1.06. The van der Waals surface area contributed by atoms with Gasteiger partial charge in [-0.3, -0.25) is 0 Å². The van der Waals surface area contributed by atoms with E-state index in [4.69, 9.17) is 37.4 Å². The number of halogens is 2. The van der Waals surface area contributed by atoms with Crippen LogP contribution >= 0.6 is 34.5 Å². The molecule has 2 heterocycles. The van der Waals surface area contributed by atoms with Gasteiger partial charge in [0.2, 0.25) is 0 Å². The summed E-state index contributed by atoms with van der Waals surface area (Å²) < 4.78 is 12.7. The molecule has 2 aromatic heterocycles. The Morgan fingerprint density at radius 2 is 1.97 bits per heavy atom. The van der Waals surface area contributed by atoms with Crippen molar-refractivity contribution in [2.45, 2.75) is 51.4 Å². The summed E-state index contributed by atoms with van der Waals surface area (Å²) in [4.78, 5) is 16.2. The number of carboxylic acids is 1. The molecule has 2 aliphatic carbocycles. The van der Waals surface area contributed by atoms with Crippen molar-refractivity contribution in [3.63, 3.8) is 0 Å². The zero-order chi connectivity index (χ0) is 26.8. The number of thiazole rings is 1. The monoisotopic (exact) mass is 572 g/mol. The molecule has 2 fully saturated rings. The molecule has 5 atom stereocenters. The van der Waals surface area contributed by atoms with Gasteiger partial charge in [-0.2, -0.15) is 0 Å². The number of carbonyl (C=O) groups is 1. The average molecular weight is 573 g/mol. The van der Waals surface area contributed by atoms with Crippen LogP contribution in [0.25, 0.3) is 21.5 Å². The Morgan fingerprint density at radius 1 is 1.21 bits per heavy atom. The second-order valence-corrected chi connectivity index (χ2v) is 12.3. The van der Waals surface area contributed by atoms with E-state index in [0.717, 1.165) is 16.7 Å². The molecule has 2 aliphatic rings. The highest BCUT2D eigenvalue weighted by Crippen LogP contribution is 2.59. The van der Waals surface area contributed by atoms with Crippen molar-refractivity contribution in [1.29, 1.82) is 0 Å². The van der Waals surface area contributed by atoms with Gasteiger partial charge in [0.15, 0.2) is 0 Å². The van der Waals surface area contributed by atoms with Crippen molar-refractivity contribution in [2.75, 3.05) is 0 Å². The fourth-order valence-corrected chi connectivity index (χ4v) is 8.11. The van der Waals surface area contributed by atoms with Crippen molar-refractivity contribution in [3.8, 4) is 11.3 Å². The van der Waals surface area contributed by atoms with Gasteiger partial charge in [-0.1, -0.05) is 41.3 Å². The van der Waals surface area contributed by atoms with Crippen molar-refractivity contribution in [3.05, 3.63) is 68.3 Å². The van der Waals surface area contributed by atoms with E-state index in [1.165, 1.54) is 11.3 Å². The number of nitrogens with zero attached hydrogens (tertiary/aromatic N) is 2. The van der Waals surface area contributed by atoms with Gasteiger partial charge in [0.1, 0.15) is 22.1 Å². The third kappa shape index (κ3) is 4.14. The second kappa shape index (κ2) is 9.61. The number of aryl methyl sites for hydroxylation is 1. The molecule has 38 heavy (non-hydrogen) atoms. The maximum Gasteiger partial charge on any atom is 0.335 e. The minimum absolute atomic E-state index is 0.0122. The van der Waals surface area contributed by atoms with E-state index in [-0.39, 0.29) is 23.5 Å². The van der Waals surface area contributed by atoms with E-state index in [0.29, 0.717) is 63.0 Å². The molecule has 7 nitrogen and oxygen atoms in total. The Labute approximate surface area is 233 Å². The molecule has 198 valence electrons. The van der Waals surface area contributed by atoms with Gasteiger partial charge in [0.25, 0.3) is 0 Å². The predicted octanol–water partition coefficient (Wildman–Crippen LogP) is 7.10. The molecule has 0 saturated heterocycles. The number of aromatic nitrogens is 2. The fourth-order valence-electron chi connectivity index (χ4n) is 6.29. The lowest BCUT2D eigenvalue weighted by molar-refractivity contribution is -0.120. The van der Waals surface area contributed by atoms with Crippen molar-refractivity contribution in [2.24, 2.45) is 17.8 Å². The molecule has 4 aromatic rings. The van der Waals surface area contributed by atoms with Gasteiger partial charge in [0.05, 0.1) is 38.5 Å². The number of hydrogen-bond donors (Lipinski definition) is 2. The summed E-state index contributed by atoms with van der Waals surface area (Å²) in [5.41, 5.74) is 1.88. The third-order valence-corrected chi connectivity index (χ3v) is 10.0. The Balaban J connectivity index is 1.24. The summed E-state index contributed by atoms with van der Waals surface area (Å²) in [6, 6.07) is 10.2. The number of rotatable bonds is 6. The maximum atomic E-state index is 12.1. The number of aliphatic hydroxyl groups is 1. The van der Waals surface area contributed by atoms with E-state index < -0.39 is 11.6 Å². The highest BCUT2D eigenvalue weighted by atomic mass is 35.5. The quantitative estimate of drug-likeness (QED) is 0.253. The molecular weight excluding hydrogens is 547 g/mol. The molecule has 0 aliphatic heterocycles. The number of aromatic carboxylic acids is 1. The zero-order valence-electron chi connectivity index (χ0n) is 20.8. The molecule has 2 bridgehead atoms. The van der Waals surface area contributed by atoms with Crippen LogP contribution < -0.4 is 0 Å². The molecule has 2 unspecified atom stereocenters. The second-order valence-electron chi connectivity index (χ2n) is 10.4. The molecule has 0 radical (unpaired) electrons. The van der Waals surface area contributed by atoms with E-state index in [2.05, 4.69) is 12.1 Å². The van der Waals surface area contributed by atoms with Crippen LogP contribution in [0.15, 0.2) is 40.9 Å². The Kier molecular flexibility index (Phi) is 6.52. The Hall–Kier alpha value is -2.49. The van der Waals surface area contributed by atoms with Gasteiger partial charge in [-0.25, -0.2) is 9.78 Å². The number of carboxylic acid groups (broad SMARTS) is 1. The normalized spacial score (nSPS) is 26.8. The summed E-state index contributed by atoms with van der Waals surface area (Å²) >= 11 is 14.3. The van der Waals surface area contributed by atoms with Crippen LogP contribution in [-0.4, -0.2) is 32.4 Å². The summed E-state index contributed by atoms with van der Waals surface area (Å²) in [6.45, 7) is 4.31. The first-order valence-electron chi connectivity index (χ1n) is 12.5. The van der Waals surface area contributed by atoms with Crippen LogP contribution in [0.4, 0.5) is 0 Å². The molecular formula is C28H26Cl2N2O5S. The summed E-state index contributed by atoms with van der Waals surface area (Å²) in [6.07, 6.45) is 2.22. The van der Waals surface area contributed by atoms with Crippen LogP contribution in [0.5, 0.6) is 0 Å². The number of fused-ring (bicyclic) bond motifs is 3. The summed E-state index contributed by atoms with van der Waals surface area (Å²) in [5, 5.41) is 27.3. The first kappa shape index (κ1) is 25.8. The maximum absolute atomic E-state index is 12.1. The minimum Gasteiger partial charge on any atom is -0.478 e. The SMILES string of the molecule is Cc1onc(-c2c(Cl)cccc2Cl)c1CO[C@@H]1CC2C(C)C[C@H](C1)[C@@]2(O)c1nc2ccc(C(=O)O)cc2s1. The third-order valence-electron chi connectivity index (χ3n) is 8.22. The van der Waals surface area contributed by atoms with E-state index in [1.807, 2.05) is 6.92 Å². The molecule has 2 saturated carbocycles. The first-order valence-corrected chi connectivity index (χ1v) is 14.1. The lowest BCUT2D eigenvalue weighted by atomic mass is 9.72. The largest absolute Gasteiger partial charge is 0.478 e. The van der Waals surface area contributed by atoms with Crippen LogP contribution in [0.1, 0.15) is 52.9 Å². The molecule has 2 aromatic carbocycles. The van der Waals surface area contributed by atoms with Gasteiger partial charge in [0, 0.05) is 11.1 Å². The van der Waals surface area contributed by atoms with Crippen LogP contribution in [0, 0.1) is 24.7 Å².